The van der Waals surface area contributed by atoms with Crippen LogP contribution in [0.2, 0.25) is 0 Å². The van der Waals surface area contributed by atoms with Crippen molar-refractivity contribution in [3.8, 4) is 0 Å². The predicted octanol–water partition coefficient (Wildman–Crippen LogP) is -0.583. The molecule has 7 nitrogen and oxygen atoms in total. The van der Waals surface area contributed by atoms with Crippen LogP contribution in [-0.4, -0.2) is 50.0 Å². The summed E-state index contributed by atoms with van der Waals surface area (Å²) in [6.07, 6.45) is 2.15. The van der Waals surface area contributed by atoms with Crippen molar-refractivity contribution in [1.29, 1.82) is 0 Å². The van der Waals surface area contributed by atoms with Crippen molar-refractivity contribution in [2.45, 2.75) is 50.2 Å². The molecule has 4 atom stereocenters. The van der Waals surface area contributed by atoms with Gasteiger partial charge >= 0.3 is 0 Å². The van der Waals surface area contributed by atoms with Crippen molar-refractivity contribution in [2.75, 3.05) is 6.61 Å². The number of amides is 1. The second kappa shape index (κ2) is 4.53. The minimum atomic E-state index is -0.882. The van der Waals surface area contributed by atoms with Gasteiger partial charge in [-0.15, -0.1) is 0 Å². The zero-order valence-electron chi connectivity index (χ0n) is 11.7. The summed E-state index contributed by atoms with van der Waals surface area (Å²) in [6, 6.07) is 0. The van der Waals surface area contributed by atoms with Crippen molar-refractivity contribution >= 4 is 5.91 Å². The summed E-state index contributed by atoms with van der Waals surface area (Å²) >= 11 is 0. The first-order valence-corrected chi connectivity index (χ1v) is 7.41. The average molecular weight is 293 g/mol. The Hall–Kier alpha value is -1.44. The minimum absolute atomic E-state index is 0.0908. The molecule has 114 valence electrons. The fraction of sp³-hybridized carbons (Fsp3) is 0.714. The number of ether oxygens (including phenoxy) is 1. The molecule has 1 aromatic rings. The lowest BCUT2D eigenvalue weighted by molar-refractivity contribution is -0.0322. The van der Waals surface area contributed by atoms with Crippen LogP contribution in [0, 0.1) is 5.92 Å². The van der Waals surface area contributed by atoms with Gasteiger partial charge in [0.1, 0.15) is 24.2 Å². The van der Waals surface area contributed by atoms with Gasteiger partial charge in [0.25, 0.3) is 5.91 Å². The highest BCUT2D eigenvalue weighted by atomic mass is 16.5. The maximum Gasteiger partial charge on any atom is 0.270 e. The molecule has 7 heteroatoms. The third-order valence-corrected chi connectivity index (χ3v) is 5.18. The zero-order chi connectivity index (χ0) is 14.6. The highest BCUT2D eigenvalue weighted by Gasteiger charge is 2.58. The molecule has 3 N–H and O–H groups in total. The van der Waals surface area contributed by atoms with E-state index in [1.54, 1.807) is 6.20 Å². The number of aliphatic hydroxyl groups excluding tert-OH is 2. The Bertz CT molecular complexity index is 587. The number of aromatic nitrogens is 2. The Labute approximate surface area is 121 Å². The van der Waals surface area contributed by atoms with Crippen LogP contribution in [0.4, 0.5) is 0 Å². The molecule has 0 aromatic carbocycles. The number of nitrogens with zero attached hydrogens (tertiary/aromatic N) is 2. The van der Waals surface area contributed by atoms with Gasteiger partial charge in [0, 0.05) is 6.54 Å². The van der Waals surface area contributed by atoms with E-state index in [1.165, 1.54) is 0 Å². The number of imidazole rings is 1. The normalized spacial score (nSPS) is 37.5. The third-order valence-electron chi connectivity index (χ3n) is 5.18. The van der Waals surface area contributed by atoms with Crippen molar-refractivity contribution in [1.82, 2.24) is 14.9 Å². The molecule has 2 bridgehead atoms. The summed E-state index contributed by atoms with van der Waals surface area (Å²) in [4.78, 5) is 16.8. The number of fused-ring (bicyclic) bond motifs is 3. The van der Waals surface area contributed by atoms with Crippen LogP contribution in [0.1, 0.15) is 35.6 Å². The fourth-order valence-corrected chi connectivity index (χ4v) is 4.02. The summed E-state index contributed by atoms with van der Waals surface area (Å²) in [7, 11) is 0. The molecule has 2 heterocycles. The van der Waals surface area contributed by atoms with Crippen molar-refractivity contribution in [3.05, 3.63) is 17.7 Å². The van der Waals surface area contributed by atoms with E-state index in [9.17, 15) is 15.0 Å². The Kier molecular flexibility index (Phi) is 2.85. The highest BCUT2D eigenvalue weighted by molar-refractivity contribution is 5.93. The Morgan fingerprint density at radius 3 is 3.14 bits per heavy atom. The van der Waals surface area contributed by atoms with Gasteiger partial charge in [-0.25, -0.2) is 4.98 Å². The second-order valence-electron chi connectivity index (χ2n) is 6.31. The number of hydrogen-bond donors (Lipinski definition) is 3. The Morgan fingerprint density at radius 1 is 1.52 bits per heavy atom. The van der Waals surface area contributed by atoms with E-state index in [0.29, 0.717) is 38.3 Å². The van der Waals surface area contributed by atoms with E-state index in [2.05, 4.69) is 10.3 Å². The molecule has 0 radical (unpaired) electrons. The quantitative estimate of drug-likeness (QED) is 0.678. The average Bonchev–Trinajstić information content (AvgIpc) is 3.14. The summed E-state index contributed by atoms with van der Waals surface area (Å²) in [5, 5.41) is 23.1. The first-order valence-electron chi connectivity index (χ1n) is 7.41. The molecule has 21 heavy (non-hydrogen) atoms. The van der Waals surface area contributed by atoms with Gasteiger partial charge in [-0.3, -0.25) is 4.79 Å². The van der Waals surface area contributed by atoms with Crippen LogP contribution in [-0.2, 0) is 17.9 Å². The molecule has 1 amide bonds. The Morgan fingerprint density at radius 2 is 2.38 bits per heavy atom. The molecule has 0 spiro atoms. The summed E-state index contributed by atoms with van der Waals surface area (Å²) in [5.41, 5.74) is -0.184. The molecule has 2 saturated carbocycles. The van der Waals surface area contributed by atoms with Gasteiger partial charge in [0.15, 0.2) is 0 Å². The molecule has 2 fully saturated rings. The molecule has 3 aliphatic rings. The minimum Gasteiger partial charge on any atom is -0.390 e. The number of aliphatic hydroxyl groups is 2. The molecular weight excluding hydrogens is 274 g/mol. The number of nitrogens with one attached hydrogen (secondary N) is 1. The summed E-state index contributed by atoms with van der Waals surface area (Å²) in [6.45, 7) is 1.60. The van der Waals surface area contributed by atoms with Crippen LogP contribution in [0.5, 0.6) is 0 Å². The van der Waals surface area contributed by atoms with E-state index in [-0.39, 0.29) is 11.8 Å². The Balaban J connectivity index is 1.58. The highest BCUT2D eigenvalue weighted by Crippen LogP contribution is 2.48. The molecule has 1 aromatic heterocycles. The number of rotatable bonds is 2. The van der Waals surface area contributed by atoms with Gasteiger partial charge in [-0.1, -0.05) is 0 Å². The maximum absolute atomic E-state index is 12.6. The monoisotopic (exact) mass is 293 g/mol. The first kappa shape index (κ1) is 13.2. The summed E-state index contributed by atoms with van der Waals surface area (Å²) in [5.74, 6) is 0.609. The van der Waals surface area contributed by atoms with Gasteiger partial charge in [0.2, 0.25) is 0 Å². The van der Waals surface area contributed by atoms with Gasteiger partial charge in [0.05, 0.1) is 24.4 Å². The van der Waals surface area contributed by atoms with E-state index in [0.717, 1.165) is 12.2 Å². The van der Waals surface area contributed by atoms with E-state index in [1.807, 2.05) is 4.57 Å². The lowest BCUT2D eigenvalue weighted by atomic mass is 9.89. The number of hydrogen-bond acceptors (Lipinski definition) is 5. The van der Waals surface area contributed by atoms with Crippen LogP contribution < -0.4 is 5.32 Å². The van der Waals surface area contributed by atoms with Crippen LogP contribution in [0.15, 0.2) is 6.20 Å². The topological polar surface area (TPSA) is 96.6 Å². The largest absolute Gasteiger partial charge is 0.390 e. The van der Waals surface area contributed by atoms with Crippen LogP contribution >= 0.6 is 0 Å². The van der Waals surface area contributed by atoms with Crippen molar-refractivity contribution in [3.63, 3.8) is 0 Å². The SMILES string of the molecule is O=C(NC12CCC(C1)[C@H](O)[C@@H]2O)c1cnc2n1CCOC2. The molecule has 4 rings (SSSR count). The third kappa shape index (κ3) is 1.84. The van der Waals surface area contributed by atoms with Gasteiger partial charge in [-0.2, -0.15) is 0 Å². The lowest BCUT2D eigenvalue weighted by Gasteiger charge is -2.34. The maximum atomic E-state index is 12.6. The molecule has 1 aliphatic heterocycles. The van der Waals surface area contributed by atoms with E-state index < -0.39 is 17.7 Å². The van der Waals surface area contributed by atoms with Gasteiger partial charge in [-0.05, 0) is 25.2 Å². The number of carbonyl (C=O) groups excluding carboxylic acids is 1. The zero-order valence-corrected chi connectivity index (χ0v) is 11.7. The fourth-order valence-electron chi connectivity index (χ4n) is 4.02. The van der Waals surface area contributed by atoms with E-state index >= 15 is 0 Å². The first-order chi connectivity index (χ1) is 10.1. The molecule has 2 aliphatic carbocycles. The van der Waals surface area contributed by atoms with Crippen molar-refractivity contribution < 1.29 is 19.7 Å². The standard InChI is InChI=1S/C14H19N3O4/c18-11-8-1-2-14(5-8,12(11)19)16-13(20)9-6-15-10-7-21-4-3-17(9)10/h6,8,11-12,18-19H,1-5,7H2,(H,16,20)/t8?,11-,12-,14?/m0/s1. The second-order valence-corrected chi connectivity index (χ2v) is 6.31. The number of carbonyl (C=O) groups is 1. The van der Waals surface area contributed by atoms with E-state index in [4.69, 9.17) is 4.74 Å². The molecule has 0 saturated heterocycles. The molecular formula is C14H19N3O4. The van der Waals surface area contributed by atoms with Gasteiger partial charge < -0.3 is 24.8 Å². The van der Waals surface area contributed by atoms with Crippen LogP contribution in [0.25, 0.3) is 0 Å². The lowest BCUT2D eigenvalue weighted by Crippen LogP contribution is -2.56. The van der Waals surface area contributed by atoms with Crippen molar-refractivity contribution in [2.24, 2.45) is 5.92 Å². The smallest absolute Gasteiger partial charge is 0.270 e. The van der Waals surface area contributed by atoms with Crippen LogP contribution in [0.3, 0.4) is 0 Å². The summed E-state index contributed by atoms with van der Waals surface area (Å²) < 4.78 is 7.17. The predicted molar refractivity (Wildman–Crippen MR) is 71.4 cm³/mol. The molecule has 2 unspecified atom stereocenters.